The van der Waals surface area contributed by atoms with Gasteiger partial charge in [0.15, 0.2) is 11.9 Å². The van der Waals surface area contributed by atoms with Crippen molar-refractivity contribution >= 4 is 0 Å². The van der Waals surface area contributed by atoms with Crippen LogP contribution < -0.4 is 0 Å². The van der Waals surface area contributed by atoms with Crippen molar-refractivity contribution in [2.75, 3.05) is 19.7 Å². The Hall–Kier alpha value is -1.52. The second-order valence-corrected chi connectivity index (χ2v) is 3.42. The molecule has 1 atom stereocenters. The lowest BCUT2D eigenvalue weighted by Crippen LogP contribution is -2.41. The van der Waals surface area contributed by atoms with Crippen molar-refractivity contribution in [3.63, 3.8) is 0 Å². The highest BCUT2D eigenvalue weighted by Crippen LogP contribution is 2.06. The van der Waals surface area contributed by atoms with Crippen molar-refractivity contribution in [3.05, 3.63) is 5.82 Å². The maximum absolute atomic E-state index is 8.73. The van der Waals surface area contributed by atoms with E-state index >= 15 is 0 Å². The second kappa shape index (κ2) is 4.33. The van der Waals surface area contributed by atoms with Gasteiger partial charge in [-0.2, -0.15) is 10.1 Å². The largest absolute Gasteiger partial charge is 0.361 e. The summed E-state index contributed by atoms with van der Waals surface area (Å²) in [5.41, 5.74) is 0. The van der Waals surface area contributed by atoms with Gasteiger partial charge in [0, 0.05) is 13.1 Å². The zero-order valence-corrected chi connectivity index (χ0v) is 8.50. The van der Waals surface area contributed by atoms with Gasteiger partial charge in [-0.1, -0.05) is 0 Å². The molecule has 1 unspecified atom stereocenters. The normalized spacial score (nSPS) is 22.5. The van der Waals surface area contributed by atoms with Gasteiger partial charge in [-0.15, -0.1) is 10.2 Å². The Morgan fingerprint density at radius 3 is 3.20 bits per heavy atom. The number of aromatic nitrogens is 4. The average molecular weight is 208 g/mol. The molecule has 1 aromatic heterocycles. The van der Waals surface area contributed by atoms with E-state index < -0.39 is 0 Å². The molecule has 1 aliphatic heterocycles. The smallest absolute Gasteiger partial charge is 0.188 e. The topological polar surface area (TPSA) is 79.9 Å². The Kier molecular flexibility index (Phi) is 2.89. The van der Waals surface area contributed by atoms with Crippen molar-refractivity contribution in [2.24, 2.45) is 7.05 Å². The number of tetrazole rings is 1. The second-order valence-electron chi connectivity index (χ2n) is 3.42. The highest BCUT2D eigenvalue weighted by Gasteiger charge is 2.20. The monoisotopic (exact) mass is 208 g/mol. The van der Waals surface area contributed by atoms with E-state index in [1.165, 1.54) is 4.80 Å². The summed E-state index contributed by atoms with van der Waals surface area (Å²) in [6.45, 7) is 2.61. The summed E-state index contributed by atoms with van der Waals surface area (Å²) in [6, 6.07) is 2.10. The molecule has 1 fully saturated rings. The molecule has 0 aromatic carbocycles. The summed E-state index contributed by atoms with van der Waals surface area (Å²) in [5.74, 6) is 0.677. The van der Waals surface area contributed by atoms with Gasteiger partial charge in [0.25, 0.3) is 0 Å². The first-order chi connectivity index (χ1) is 7.28. The fourth-order valence-corrected chi connectivity index (χ4v) is 1.51. The first kappa shape index (κ1) is 10.0. The van der Waals surface area contributed by atoms with E-state index in [0.29, 0.717) is 25.5 Å². The van der Waals surface area contributed by atoms with Crippen LogP contribution in [0.4, 0.5) is 0 Å². The number of aryl methyl sites for hydroxylation is 1. The number of nitriles is 1. The third-order valence-electron chi connectivity index (χ3n) is 2.21. The quantitative estimate of drug-likeness (QED) is 0.616. The fourth-order valence-electron chi connectivity index (χ4n) is 1.51. The van der Waals surface area contributed by atoms with Crippen LogP contribution >= 0.6 is 0 Å². The molecular weight excluding hydrogens is 196 g/mol. The number of morpholine rings is 1. The molecule has 0 amide bonds. The minimum absolute atomic E-state index is 0.338. The van der Waals surface area contributed by atoms with Crippen molar-refractivity contribution < 1.29 is 4.74 Å². The highest BCUT2D eigenvalue weighted by atomic mass is 16.5. The molecule has 80 valence electrons. The summed E-state index contributed by atoms with van der Waals surface area (Å²) >= 11 is 0. The van der Waals surface area contributed by atoms with Gasteiger partial charge < -0.3 is 4.74 Å². The van der Waals surface area contributed by atoms with Crippen molar-refractivity contribution in [3.8, 4) is 6.07 Å². The molecule has 1 aromatic rings. The number of nitrogens with zero attached hydrogens (tertiary/aromatic N) is 6. The third-order valence-corrected chi connectivity index (χ3v) is 2.21. The van der Waals surface area contributed by atoms with Crippen LogP contribution in [-0.4, -0.2) is 50.9 Å². The molecular formula is C8H12N6O. The van der Waals surface area contributed by atoms with Gasteiger partial charge in [0.2, 0.25) is 0 Å². The van der Waals surface area contributed by atoms with E-state index in [1.807, 2.05) is 0 Å². The number of hydrogen-bond acceptors (Lipinski definition) is 6. The summed E-state index contributed by atoms with van der Waals surface area (Å²) in [6.07, 6.45) is -0.338. The van der Waals surface area contributed by atoms with Crippen LogP contribution in [0.2, 0.25) is 0 Å². The number of hydrogen-bond donors (Lipinski definition) is 0. The maximum Gasteiger partial charge on any atom is 0.188 e. The Bertz CT molecular complexity index is 369. The molecule has 2 rings (SSSR count). The molecule has 1 aliphatic rings. The lowest BCUT2D eigenvalue weighted by molar-refractivity contribution is -0.00361. The standard InChI is InChI=1S/C8H12N6O/c1-13-11-8(10-12-13)6-14-2-3-15-7(4-9)5-14/h7H,2-3,5-6H2,1H3. The first-order valence-corrected chi connectivity index (χ1v) is 4.74. The van der Waals surface area contributed by atoms with Gasteiger partial charge in [0.05, 0.1) is 26.3 Å². The average Bonchev–Trinajstić information content (AvgIpc) is 2.64. The van der Waals surface area contributed by atoms with Crippen LogP contribution in [-0.2, 0) is 18.3 Å². The van der Waals surface area contributed by atoms with Crippen LogP contribution in [0.5, 0.6) is 0 Å². The van der Waals surface area contributed by atoms with Crippen LogP contribution in [0.15, 0.2) is 0 Å². The fraction of sp³-hybridized carbons (Fsp3) is 0.750. The van der Waals surface area contributed by atoms with Crippen molar-refractivity contribution in [1.29, 1.82) is 5.26 Å². The molecule has 7 heteroatoms. The molecule has 0 N–H and O–H groups in total. The molecule has 1 saturated heterocycles. The predicted octanol–water partition coefficient (Wildman–Crippen LogP) is -1.07. The lowest BCUT2D eigenvalue weighted by atomic mass is 10.3. The van der Waals surface area contributed by atoms with E-state index in [9.17, 15) is 0 Å². The van der Waals surface area contributed by atoms with Gasteiger partial charge in [-0.05, 0) is 5.21 Å². The molecule has 15 heavy (non-hydrogen) atoms. The lowest BCUT2D eigenvalue weighted by Gasteiger charge is -2.28. The molecule has 0 spiro atoms. The highest BCUT2D eigenvalue weighted by molar-refractivity contribution is 4.90. The minimum Gasteiger partial charge on any atom is -0.361 e. The third kappa shape index (κ3) is 2.49. The first-order valence-electron chi connectivity index (χ1n) is 4.74. The van der Waals surface area contributed by atoms with Crippen LogP contribution in [0.25, 0.3) is 0 Å². The van der Waals surface area contributed by atoms with Gasteiger partial charge in [-0.3, -0.25) is 4.90 Å². The van der Waals surface area contributed by atoms with E-state index in [0.717, 1.165) is 6.54 Å². The Morgan fingerprint density at radius 2 is 2.53 bits per heavy atom. The number of rotatable bonds is 2. The molecule has 0 bridgehead atoms. The van der Waals surface area contributed by atoms with Crippen LogP contribution in [0.3, 0.4) is 0 Å². The van der Waals surface area contributed by atoms with E-state index in [2.05, 4.69) is 26.4 Å². The zero-order chi connectivity index (χ0) is 10.7. The molecule has 0 radical (unpaired) electrons. The van der Waals surface area contributed by atoms with Crippen LogP contribution in [0.1, 0.15) is 5.82 Å². The molecule has 2 heterocycles. The Balaban J connectivity index is 1.92. The Labute approximate surface area is 87.2 Å². The van der Waals surface area contributed by atoms with Gasteiger partial charge in [0.1, 0.15) is 0 Å². The van der Waals surface area contributed by atoms with Crippen LogP contribution in [0, 0.1) is 11.3 Å². The van der Waals surface area contributed by atoms with Gasteiger partial charge in [-0.25, -0.2) is 0 Å². The van der Waals surface area contributed by atoms with E-state index in [4.69, 9.17) is 10.00 Å². The Morgan fingerprint density at radius 1 is 1.67 bits per heavy atom. The molecule has 0 saturated carbocycles. The van der Waals surface area contributed by atoms with E-state index in [-0.39, 0.29) is 6.10 Å². The number of ether oxygens (including phenoxy) is 1. The SMILES string of the molecule is Cn1nnc(CN2CCOC(C#N)C2)n1. The summed E-state index contributed by atoms with van der Waals surface area (Å²) in [4.78, 5) is 3.52. The minimum atomic E-state index is -0.338. The summed E-state index contributed by atoms with van der Waals surface area (Å²) in [7, 11) is 1.73. The van der Waals surface area contributed by atoms with Crippen molar-refractivity contribution in [2.45, 2.75) is 12.6 Å². The summed E-state index contributed by atoms with van der Waals surface area (Å²) in [5, 5.41) is 20.5. The molecule has 7 nitrogen and oxygen atoms in total. The van der Waals surface area contributed by atoms with E-state index in [1.54, 1.807) is 7.05 Å². The zero-order valence-electron chi connectivity index (χ0n) is 8.50. The molecule has 0 aliphatic carbocycles. The van der Waals surface area contributed by atoms with Crippen molar-refractivity contribution in [1.82, 2.24) is 25.1 Å². The maximum atomic E-state index is 8.73. The predicted molar refractivity (Wildman–Crippen MR) is 49.4 cm³/mol. The summed E-state index contributed by atoms with van der Waals surface area (Å²) < 4.78 is 5.24. The van der Waals surface area contributed by atoms with Gasteiger partial charge >= 0.3 is 0 Å².